The van der Waals surface area contributed by atoms with Gasteiger partial charge in [0.15, 0.2) is 5.78 Å². The van der Waals surface area contributed by atoms with Gasteiger partial charge in [0.25, 0.3) is 5.69 Å². The lowest BCUT2D eigenvalue weighted by molar-refractivity contribution is -0.384. The minimum absolute atomic E-state index is 0.0416. The number of hydrogen-bond donors (Lipinski definition) is 1. The van der Waals surface area contributed by atoms with E-state index < -0.39 is 11.0 Å². The zero-order chi connectivity index (χ0) is 24.0. The quantitative estimate of drug-likeness (QED) is 0.302. The van der Waals surface area contributed by atoms with Crippen LogP contribution >= 0.6 is 11.8 Å². The number of carbonyl (C=O) groups excluding carboxylic acids is 1. The van der Waals surface area contributed by atoms with Crippen LogP contribution in [0.15, 0.2) is 65.0 Å². The van der Waals surface area contributed by atoms with Crippen LogP contribution in [0.2, 0.25) is 0 Å². The van der Waals surface area contributed by atoms with Gasteiger partial charge in [-0.1, -0.05) is 49.9 Å². The number of ketones is 1. The maximum atomic E-state index is 13.6. The Hall–Kier alpha value is -3.53. The molecule has 0 bridgehead atoms. The molecule has 0 fully saturated rings. The lowest BCUT2D eigenvalue weighted by Gasteiger charge is -2.38. The Kier molecular flexibility index (Phi) is 5.47. The monoisotopic (exact) mass is 479 g/mol. The van der Waals surface area contributed by atoms with Crippen molar-refractivity contribution in [1.29, 1.82) is 0 Å². The molecule has 1 aromatic heterocycles. The fraction of sp³-hybridized carbons (Fsp3) is 0.292. The topological polar surface area (TPSA) is 103 Å². The summed E-state index contributed by atoms with van der Waals surface area (Å²) >= 11 is 1.40. The highest BCUT2D eigenvalue weighted by atomic mass is 32.2. The summed E-state index contributed by atoms with van der Waals surface area (Å²) in [4.78, 5) is 28.3. The van der Waals surface area contributed by atoms with Gasteiger partial charge in [0.05, 0.1) is 4.92 Å². The summed E-state index contributed by atoms with van der Waals surface area (Å²) in [6, 6.07) is 12.0. The Balaban J connectivity index is 1.47. The number of thioether (sulfide) groups is 1. The van der Waals surface area contributed by atoms with Gasteiger partial charge in [0, 0.05) is 35.6 Å². The Morgan fingerprint density at radius 1 is 1.18 bits per heavy atom. The largest absolute Gasteiger partial charge is 0.328 e. The smallest absolute Gasteiger partial charge is 0.269 e. The van der Waals surface area contributed by atoms with Gasteiger partial charge in [-0.2, -0.15) is 4.98 Å². The summed E-state index contributed by atoms with van der Waals surface area (Å²) in [5.41, 5.74) is 3.02. The summed E-state index contributed by atoms with van der Waals surface area (Å²) in [5, 5.41) is 19.4. The van der Waals surface area contributed by atoms with E-state index in [4.69, 9.17) is 0 Å². The molecular formula is C24H22FN5O3S. The van der Waals surface area contributed by atoms with Crippen molar-refractivity contribution in [3.8, 4) is 0 Å². The Labute approximate surface area is 199 Å². The molecule has 0 saturated carbocycles. The minimum atomic E-state index is -0.489. The van der Waals surface area contributed by atoms with Crippen LogP contribution < -0.4 is 5.32 Å². The predicted octanol–water partition coefficient (Wildman–Crippen LogP) is 5.28. The summed E-state index contributed by atoms with van der Waals surface area (Å²) < 4.78 is 15.3. The van der Waals surface area contributed by atoms with Crippen molar-refractivity contribution in [3.63, 3.8) is 0 Å². The molecule has 34 heavy (non-hydrogen) atoms. The van der Waals surface area contributed by atoms with Crippen molar-refractivity contribution < 1.29 is 14.1 Å². The molecule has 2 aliphatic rings. The fourth-order valence-electron chi connectivity index (χ4n) is 4.47. The Morgan fingerprint density at radius 2 is 1.88 bits per heavy atom. The molecule has 1 N–H and O–H groups in total. The molecule has 0 spiro atoms. The second kappa shape index (κ2) is 8.35. The number of non-ortho nitro benzene ring substituents is 1. The van der Waals surface area contributed by atoms with E-state index in [0.717, 1.165) is 16.8 Å². The molecule has 174 valence electrons. The van der Waals surface area contributed by atoms with Gasteiger partial charge in [-0.3, -0.25) is 14.9 Å². The van der Waals surface area contributed by atoms with Crippen molar-refractivity contribution in [2.45, 2.75) is 43.6 Å². The van der Waals surface area contributed by atoms with E-state index >= 15 is 0 Å². The zero-order valence-electron chi connectivity index (χ0n) is 18.6. The van der Waals surface area contributed by atoms with Gasteiger partial charge in [-0.05, 0) is 35.1 Å². The van der Waals surface area contributed by atoms with E-state index in [0.29, 0.717) is 35.3 Å². The number of hydrogen-bond acceptors (Lipinski definition) is 7. The maximum absolute atomic E-state index is 13.6. The van der Waals surface area contributed by atoms with E-state index in [9.17, 15) is 19.3 Å². The van der Waals surface area contributed by atoms with Gasteiger partial charge in [0.1, 0.15) is 11.9 Å². The first kappa shape index (κ1) is 22.3. The highest BCUT2D eigenvalue weighted by Gasteiger charge is 2.41. The number of nitrogens with one attached hydrogen (secondary N) is 1. The summed E-state index contributed by atoms with van der Waals surface area (Å²) in [5.74, 6) is 0.766. The standard InChI is InChI=1S/C24H22FN5O3S/c1-24(2)11-18-20(19(31)12-24)21(15-5-7-16(25)8-6-15)29-22(26-18)27-23(28-29)34-13-14-3-9-17(10-4-14)30(32)33/h3-10,21H,11-13H2,1-2H3,(H,26,27,28). The van der Waals surface area contributed by atoms with Crippen molar-refractivity contribution >= 4 is 29.2 Å². The predicted molar refractivity (Wildman–Crippen MR) is 126 cm³/mol. The average molecular weight is 480 g/mol. The third-order valence-corrected chi connectivity index (χ3v) is 6.92. The van der Waals surface area contributed by atoms with Crippen LogP contribution in [0.3, 0.4) is 0 Å². The normalized spacial score (nSPS) is 18.8. The lowest BCUT2D eigenvalue weighted by Crippen LogP contribution is -2.36. The summed E-state index contributed by atoms with van der Waals surface area (Å²) in [6.45, 7) is 4.13. The second-order valence-corrected chi connectivity index (χ2v) is 10.2. The first-order valence-corrected chi connectivity index (χ1v) is 11.8. The first-order valence-electron chi connectivity index (χ1n) is 10.8. The van der Waals surface area contributed by atoms with Crippen LogP contribution in [0, 0.1) is 21.3 Å². The van der Waals surface area contributed by atoms with Gasteiger partial charge in [-0.15, -0.1) is 5.10 Å². The van der Waals surface area contributed by atoms with E-state index in [-0.39, 0.29) is 22.7 Å². The molecule has 8 nitrogen and oxygen atoms in total. The van der Waals surface area contributed by atoms with E-state index in [1.807, 2.05) is 0 Å². The van der Waals surface area contributed by atoms with E-state index in [1.54, 1.807) is 28.9 Å². The van der Waals surface area contributed by atoms with Crippen molar-refractivity contribution in [2.24, 2.45) is 5.41 Å². The number of benzene rings is 2. The number of fused-ring (bicyclic) bond motifs is 1. The van der Waals surface area contributed by atoms with Gasteiger partial charge in [-0.25, -0.2) is 9.07 Å². The third-order valence-electron chi connectivity index (χ3n) is 6.01. The number of aromatic nitrogens is 3. The van der Waals surface area contributed by atoms with Crippen molar-refractivity contribution in [1.82, 2.24) is 14.8 Å². The van der Waals surface area contributed by atoms with Crippen molar-refractivity contribution in [2.75, 3.05) is 5.32 Å². The molecule has 5 rings (SSSR count). The molecule has 10 heteroatoms. The molecule has 2 heterocycles. The number of allylic oxidation sites excluding steroid dienone is 2. The number of nitro groups is 1. The molecule has 1 unspecified atom stereocenters. The van der Waals surface area contributed by atoms with Gasteiger partial charge >= 0.3 is 0 Å². The number of nitrogens with zero attached hydrogens (tertiary/aromatic N) is 4. The lowest BCUT2D eigenvalue weighted by atomic mass is 9.73. The summed E-state index contributed by atoms with van der Waals surface area (Å²) in [7, 11) is 0. The highest BCUT2D eigenvalue weighted by Crippen LogP contribution is 2.45. The molecule has 0 radical (unpaired) electrons. The molecule has 1 aliphatic heterocycles. The van der Waals surface area contributed by atoms with Crippen LogP contribution in [0.1, 0.15) is 43.9 Å². The number of carbonyl (C=O) groups is 1. The number of halogens is 1. The maximum Gasteiger partial charge on any atom is 0.269 e. The third kappa shape index (κ3) is 4.21. The van der Waals surface area contributed by atoms with Crippen LogP contribution in [-0.4, -0.2) is 25.5 Å². The number of Topliss-reactive ketones (excluding diaryl/α,β-unsaturated/α-hetero) is 1. The van der Waals surface area contributed by atoms with E-state index in [1.165, 1.54) is 36.0 Å². The SMILES string of the molecule is CC1(C)CC(=O)C2=C(C1)Nc1nc(SCc3ccc([N+](=O)[O-])cc3)nn1C2c1ccc(F)cc1. The first-order chi connectivity index (χ1) is 16.2. The van der Waals surface area contributed by atoms with Crippen molar-refractivity contribution in [3.05, 3.63) is 86.9 Å². The highest BCUT2D eigenvalue weighted by molar-refractivity contribution is 7.98. The number of rotatable bonds is 5. The second-order valence-electron chi connectivity index (χ2n) is 9.29. The molecule has 1 aliphatic carbocycles. The van der Waals surface area contributed by atoms with Gasteiger partial charge < -0.3 is 5.32 Å². The summed E-state index contributed by atoms with van der Waals surface area (Å²) in [6.07, 6.45) is 1.13. The van der Waals surface area contributed by atoms with Crippen LogP contribution in [-0.2, 0) is 10.5 Å². The molecule has 1 atom stereocenters. The van der Waals surface area contributed by atoms with Crippen LogP contribution in [0.5, 0.6) is 0 Å². The van der Waals surface area contributed by atoms with Crippen LogP contribution in [0.25, 0.3) is 0 Å². The Bertz CT molecular complexity index is 1320. The average Bonchev–Trinajstić information content (AvgIpc) is 3.19. The molecule has 2 aromatic carbocycles. The number of nitro benzene ring substituents is 1. The molecule has 0 amide bonds. The molecule has 0 saturated heterocycles. The van der Waals surface area contributed by atoms with Crippen LogP contribution in [0.4, 0.5) is 16.0 Å². The Morgan fingerprint density at radius 3 is 2.56 bits per heavy atom. The minimum Gasteiger partial charge on any atom is -0.328 e. The number of anilines is 1. The van der Waals surface area contributed by atoms with Gasteiger partial charge in [0.2, 0.25) is 11.1 Å². The van der Waals surface area contributed by atoms with E-state index in [2.05, 4.69) is 29.2 Å². The fourth-order valence-corrected chi connectivity index (χ4v) is 5.25. The molecule has 3 aromatic rings. The zero-order valence-corrected chi connectivity index (χ0v) is 19.4. The molecular weight excluding hydrogens is 457 g/mol.